The largest absolute Gasteiger partial charge is 0.460 e. The number of nitrogens with zero attached hydrogens (tertiary/aromatic N) is 2. The maximum atomic E-state index is 10.4. The van der Waals surface area contributed by atoms with E-state index in [1.165, 1.54) is 6.92 Å². The van der Waals surface area contributed by atoms with Gasteiger partial charge in [-0.3, -0.25) is 4.79 Å². The lowest BCUT2D eigenvalue weighted by Crippen LogP contribution is -2.14. The van der Waals surface area contributed by atoms with E-state index in [1.807, 2.05) is 12.1 Å². The molecule has 0 saturated carbocycles. The number of esters is 1. The van der Waals surface area contributed by atoms with E-state index >= 15 is 0 Å². The van der Waals surface area contributed by atoms with Crippen LogP contribution in [-0.2, 0) is 9.53 Å². The van der Waals surface area contributed by atoms with Gasteiger partial charge in [-0.2, -0.15) is 10.5 Å². The quantitative estimate of drug-likeness (QED) is 0.559. The van der Waals surface area contributed by atoms with E-state index in [1.54, 1.807) is 0 Å². The number of carbonyl (C=O) groups is 1. The van der Waals surface area contributed by atoms with Crippen LogP contribution in [0.4, 0.5) is 0 Å². The van der Waals surface area contributed by atoms with Crippen molar-refractivity contribution in [1.82, 2.24) is 0 Å². The lowest BCUT2D eigenvalue weighted by Gasteiger charge is -2.08. The van der Waals surface area contributed by atoms with Crippen LogP contribution in [0.2, 0.25) is 0 Å². The standard InChI is InChI=1S/C7H8N2O2/c1-6(10)11-7(2-4-8)3-5-9/h7H,2-3H2,1H3. The maximum absolute atomic E-state index is 10.4. The average Bonchev–Trinajstić information content (AvgIpc) is 1.87. The molecule has 0 aliphatic rings. The van der Waals surface area contributed by atoms with Crippen LogP contribution in [0.15, 0.2) is 0 Å². The second-order valence-electron chi connectivity index (χ2n) is 1.96. The second kappa shape index (κ2) is 5.25. The first-order valence-electron chi connectivity index (χ1n) is 3.11. The Bertz CT molecular complexity index is 195. The van der Waals surface area contributed by atoms with E-state index in [4.69, 9.17) is 10.5 Å². The number of hydrogen-bond acceptors (Lipinski definition) is 4. The average molecular weight is 152 g/mol. The van der Waals surface area contributed by atoms with E-state index in [0.29, 0.717) is 0 Å². The highest BCUT2D eigenvalue weighted by Crippen LogP contribution is 2.02. The molecule has 0 aliphatic heterocycles. The van der Waals surface area contributed by atoms with Crippen LogP contribution in [-0.4, -0.2) is 12.1 Å². The highest BCUT2D eigenvalue weighted by atomic mass is 16.5. The van der Waals surface area contributed by atoms with E-state index < -0.39 is 12.1 Å². The highest BCUT2D eigenvalue weighted by molar-refractivity contribution is 5.66. The van der Waals surface area contributed by atoms with Crippen LogP contribution in [0.1, 0.15) is 19.8 Å². The van der Waals surface area contributed by atoms with Crippen molar-refractivity contribution < 1.29 is 9.53 Å². The first-order chi connectivity index (χ1) is 5.20. The smallest absolute Gasteiger partial charge is 0.302 e. The SMILES string of the molecule is CC(=O)OC(CC#N)CC#N. The minimum absolute atomic E-state index is 0.0765. The Balaban J connectivity index is 3.82. The zero-order valence-corrected chi connectivity index (χ0v) is 6.20. The van der Waals surface area contributed by atoms with Crippen molar-refractivity contribution in [3.05, 3.63) is 0 Å². The van der Waals surface area contributed by atoms with Gasteiger partial charge < -0.3 is 4.74 Å². The zero-order valence-electron chi connectivity index (χ0n) is 6.20. The molecular weight excluding hydrogens is 144 g/mol. The Kier molecular flexibility index (Phi) is 4.51. The number of carbonyl (C=O) groups excluding carboxylic acids is 1. The van der Waals surface area contributed by atoms with E-state index in [9.17, 15) is 4.79 Å². The third kappa shape index (κ3) is 4.92. The molecule has 0 bridgehead atoms. The first-order valence-corrected chi connectivity index (χ1v) is 3.11. The predicted octanol–water partition coefficient (Wildman–Crippen LogP) is 0.745. The molecule has 0 fully saturated rings. The van der Waals surface area contributed by atoms with Crippen LogP contribution in [0.3, 0.4) is 0 Å². The molecular formula is C7H8N2O2. The summed E-state index contributed by atoms with van der Waals surface area (Å²) in [5.74, 6) is -0.458. The summed E-state index contributed by atoms with van der Waals surface area (Å²) >= 11 is 0. The molecule has 0 aliphatic carbocycles. The van der Waals surface area contributed by atoms with Gasteiger partial charge in [-0.1, -0.05) is 0 Å². The van der Waals surface area contributed by atoms with Crippen molar-refractivity contribution in [2.24, 2.45) is 0 Å². The molecule has 0 aromatic rings. The topological polar surface area (TPSA) is 73.9 Å². The Labute approximate surface area is 65.0 Å². The summed E-state index contributed by atoms with van der Waals surface area (Å²) in [6, 6.07) is 3.66. The lowest BCUT2D eigenvalue weighted by atomic mass is 10.2. The second-order valence-corrected chi connectivity index (χ2v) is 1.96. The van der Waals surface area contributed by atoms with Crippen LogP contribution >= 0.6 is 0 Å². The maximum Gasteiger partial charge on any atom is 0.302 e. The molecule has 0 aromatic heterocycles. The van der Waals surface area contributed by atoms with Crippen molar-refractivity contribution in [3.8, 4) is 12.1 Å². The van der Waals surface area contributed by atoms with Gasteiger partial charge in [-0.15, -0.1) is 0 Å². The molecule has 4 nitrogen and oxygen atoms in total. The van der Waals surface area contributed by atoms with Gasteiger partial charge in [0, 0.05) is 6.92 Å². The number of ether oxygens (including phenoxy) is 1. The highest BCUT2D eigenvalue weighted by Gasteiger charge is 2.09. The van der Waals surface area contributed by atoms with Crippen molar-refractivity contribution in [3.63, 3.8) is 0 Å². The third-order valence-corrected chi connectivity index (χ3v) is 0.971. The van der Waals surface area contributed by atoms with Crippen LogP contribution < -0.4 is 0 Å². The fraction of sp³-hybridized carbons (Fsp3) is 0.571. The van der Waals surface area contributed by atoms with Crippen molar-refractivity contribution in [1.29, 1.82) is 10.5 Å². The summed E-state index contributed by atoms with van der Waals surface area (Å²) in [6.07, 6.45) is -0.414. The van der Waals surface area contributed by atoms with E-state index in [0.717, 1.165) is 0 Å². The molecule has 0 saturated heterocycles. The van der Waals surface area contributed by atoms with Gasteiger partial charge in [0.15, 0.2) is 0 Å². The van der Waals surface area contributed by atoms with Crippen molar-refractivity contribution in [2.75, 3.05) is 0 Å². The minimum Gasteiger partial charge on any atom is -0.460 e. The Morgan fingerprint density at radius 3 is 2.18 bits per heavy atom. The summed E-state index contributed by atoms with van der Waals surface area (Å²) in [7, 11) is 0. The molecule has 0 heterocycles. The molecule has 58 valence electrons. The summed E-state index contributed by atoms with van der Waals surface area (Å²) in [4.78, 5) is 10.4. The Hall–Kier alpha value is -1.55. The van der Waals surface area contributed by atoms with Crippen molar-refractivity contribution in [2.45, 2.75) is 25.9 Å². The lowest BCUT2D eigenvalue weighted by molar-refractivity contribution is -0.145. The van der Waals surface area contributed by atoms with Crippen LogP contribution in [0.25, 0.3) is 0 Å². The third-order valence-electron chi connectivity index (χ3n) is 0.971. The molecule has 0 rings (SSSR count). The Morgan fingerprint density at radius 2 is 1.91 bits per heavy atom. The Morgan fingerprint density at radius 1 is 1.45 bits per heavy atom. The minimum atomic E-state index is -0.567. The van der Waals surface area contributed by atoms with Gasteiger partial charge in [0.2, 0.25) is 0 Å². The fourth-order valence-corrected chi connectivity index (χ4v) is 0.594. The number of rotatable bonds is 3. The van der Waals surface area contributed by atoms with Gasteiger partial charge in [0.05, 0.1) is 25.0 Å². The molecule has 0 spiro atoms. The molecule has 0 radical (unpaired) electrons. The van der Waals surface area contributed by atoms with E-state index in [2.05, 4.69) is 4.74 Å². The normalized spacial score (nSPS) is 8.36. The summed E-state index contributed by atoms with van der Waals surface area (Å²) in [5.41, 5.74) is 0. The van der Waals surface area contributed by atoms with Gasteiger partial charge in [-0.25, -0.2) is 0 Å². The van der Waals surface area contributed by atoms with Gasteiger partial charge in [0.1, 0.15) is 6.10 Å². The molecule has 4 heteroatoms. The van der Waals surface area contributed by atoms with Gasteiger partial charge in [0.25, 0.3) is 0 Å². The zero-order chi connectivity index (χ0) is 8.69. The number of hydrogen-bond donors (Lipinski definition) is 0. The van der Waals surface area contributed by atoms with Crippen LogP contribution in [0, 0.1) is 22.7 Å². The molecule has 0 atom stereocenters. The predicted molar refractivity (Wildman–Crippen MR) is 36.0 cm³/mol. The van der Waals surface area contributed by atoms with Crippen molar-refractivity contribution >= 4 is 5.97 Å². The first kappa shape index (κ1) is 9.45. The van der Waals surface area contributed by atoms with E-state index in [-0.39, 0.29) is 12.8 Å². The molecule has 11 heavy (non-hydrogen) atoms. The fourth-order valence-electron chi connectivity index (χ4n) is 0.594. The van der Waals surface area contributed by atoms with Gasteiger partial charge >= 0.3 is 5.97 Å². The molecule has 0 amide bonds. The van der Waals surface area contributed by atoms with Crippen LogP contribution in [0.5, 0.6) is 0 Å². The summed E-state index contributed by atoms with van der Waals surface area (Å²) < 4.78 is 4.65. The summed E-state index contributed by atoms with van der Waals surface area (Å²) in [5, 5.41) is 16.5. The summed E-state index contributed by atoms with van der Waals surface area (Å²) in [6.45, 7) is 1.25. The number of nitriles is 2. The monoisotopic (exact) mass is 152 g/mol. The molecule has 0 aromatic carbocycles. The van der Waals surface area contributed by atoms with Gasteiger partial charge in [-0.05, 0) is 0 Å². The molecule has 0 unspecified atom stereocenters. The molecule has 0 N–H and O–H groups in total.